The molecule has 12 heavy (non-hydrogen) atoms. The molecule has 0 aromatic heterocycles. The Hall–Kier alpha value is -0.120. The highest BCUT2D eigenvalue weighted by atomic mass is 16.5. The van der Waals surface area contributed by atoms with Crippen LogP contribution < -0.4 is 5.73 Å². The van der Waals surface area contributed by atoms with Gasteiger partial charge in [-0.3, -0.25) is 4.90 Å². The number of hydrogen-bond donors (Lipinski definition) is 1. The predicted octanol–water partition coefficient (Wildman–Crippen LogP) is 0.0559. The summed E-state index contributed by atoms with van der Waals surface area (Å²) in [6.07, 6.45) is 3.16. The molecule has 1 aliphatic carbocycles. The second kappa shape index (κ2) is 3.73. The van der Waals surface area contributed by atoms with Gasteiger partial charge in [0.2, 0.25) is 0 Å². The lowest BCUT2D eigenvalue weighted by molar-refractivity contribution is -0.0244. The minimum atomic E-state index is 0.289. The third-order valence-corrected chi connectivity index (χ3v) is 2.70. The van der Waals surface area contributed by atoms with Crippen molar-refractivity contribution in [2.75, 3.05) is 32.8 Å². The van der Waals surface area contributed by atoms with Crippen molar-refractivity contribution in [1.29, 1.82) is 0 Å². The maximum absolute atomic E-state index is 5.56. The molecule has 0 unspecified atom stereocenters. The van der Waals surface area contributed by atoms with E-state index in [1.807, 2.05) is 0 Å². The van der Waals surface area contributed by atoms with Gasteiger partial charge in [0.1, 0.15) is 0 Å². The van der Waals surface area contributed by atoms with Crippen LogP contribution in [-0.4, -0.2) is 43.8 Å². The Kier molecular flexibility index (Phi) is 2.63. The highest BCUT2D eigenvalue weighted by molar-refractivity contribution is 4.80. The summed E-state index contributed by atoms with van der Waals surface area (Å²) in [5.41, 5.74) is 5.56. The highest BCUT2D eigenvalue weighted by Crippen LogP contribution is 2.30. The van der Waals surface area contributed by atoms with Crippen LogP contribution in [0.15, 0.2) is 0 Å². The fourth-order valence-electron chi connectivity index (χ4n) is 1.75. The van der Waals surface area contributed by atoms with Gasteiger partial charge in [-0.25, -0.2) is 0 Å². The molecule has 0 radical (unpaired) electrons. The van der Waals surface area contributed by atoms with Crippen molar-refractivity contribution in [3.8, 4) is 0 Å². The Bertz CT molecular complexity index is 147. The SMILES string of the molecule is NC[C@@H]1CN(CC2CC2)CCO1. The molecule has 1 saturated heterocycles. The molecule has 1 atom stereocenters. The van der Waals surface area contributed by atoms with Crippen molar-refractivity contribution in [3.63, 3.8) is 0 Å². The Balaban J connectivity index is 1.73. The van der Waals surface area contributed by atoms with Gasteiger partial charge >= 0.3 is 0 Å². The quantitative estimate of drug-likeness (QED) is 0.650. The maximum Gasteiger partial charge on any atom is 0.0824 e. The average Bonchev–Trinajstić information content (AvgIpc) is 2.89. The van der Waals surface area contributed by atoms with Crippen LogP contribution in [0.3, 0.4) is 0 Å². The number of morpholine rings is 1. The molecule has 2 fully saturated rings. The van der Waals surface area contributed by atoms with E-state index in [1.54, 1.807) is 0 Å². The number of nitrogens with zero attached hydrogens (tertiary/aromatic N) is 1. The normalized spacial score (nSPS) is 32.2. The van der Waals surface area contributed by atoms with Crippen LogP contribution in [0.2, 0.25) is 0 Å². The molecule has 3 heteroatoms. The maximum atomic E-state index is 5.56. The fraction of sp³-hybridized carbons (Fsp3) is 1.00. The molecule has 3 nitrogen and oxygen atoms in total. The minimum Gasteiger partial charge on any atom is -0.374 e. The molecular weight excluding hydrogens is 152 g/mol. The van der Waals surface area contributed by atoms with Crippen LogP contribution in [0, 0.1) is 5.92 Å². The van der Waals surface area contributed by atoms with Crippen LogP contribution in [0.4, 0.5) is 0 Å². The van der Waals surface area contributed by atoms with Crippen LogP contribution in [0.5, 0.6) is 0 Å². The summed E-state index contributed by atoms with van der Waals surface area (Å²) in [6.45, 7) is 4.97. The van der Waals surface area contributed by atoms with Crippen molar-refractivity contribution in [3.05, 3.63) is 0 Å². The molecule has 0 aromatic carbocycles. The minimum absolute atomic E-state index is 0.289. The van der Waals surface area contributed by atoms with Gasteiger partial charge in [-0.2, -0.15) is 0 Å². The van der Waals surface area contributed by atoms with Crippen molar-refractivity contribution >= 4 is 0 Å². The molecule has 2 rings (SSSR count). The first-order valence-corrected chi connectivity index (χ1v) is 4.92. The van der Waals surface area contributed by atoms with Crippen molar-refractivity contribution < 1.29 is 4.74 Å². The van der Waals surface area contributed by atoms with Gasteiger partial charge in [0.15, 0.2) is 0 Å². The van der Waals surface area contributed by atoms with Crippen LogP contribution in [0.25, 0.3) is 0 Å². The van der Waals surface area contributed by atoms with E-state index in [2.05, 4.69) is 4.90 Å². The second-order valence-electron chi connectivity index (χ2n) is 3.93. The van der Waals surface area contributed by atoms with E-state index >= 15 is 0 Å². The lowest BCUT2D eigenvalue weighted by atomic mass is 10.2. The zero-order valence-electron chi connectivity index (χ0n) is 7.54. The van der Waals surface area contributed by atoms with Crippen molar-refractivity contribution in [2.24, 2.45) is 11.7 Å². The predicted molar refractivity (Wildman–Crippen MR) is 48.0 cm³/mol. The molecule has 0 aromatic rings. The van der Waals surface area contributed by atoms with E-state index in [9.17, 15) is 0 Å². The first kappa shape index (κ1) is 8.48. The summed E-state index contributed by atoms with van der Waals surface area (Å²) < 4.78 is 5.49. The third kappa shape index (κ3) is 2.19. The standard InChI is InChI=1S/C9H18N2O/c10-5-9-7-11(3-4-12-9)6-8-1-2-8/h8-9H,1-7,10H2/t9-/m1/s1. The zero-order valence-corrected chi connectivity index (χ0v) is 7.54. The topological polar surface area (TPSA) is 38.5 Å². The molecular formula is C9H18N2O. The Labute approximate surface area is 73.9 Å². The van der Waals surface area contributed by atoms with Crippen LogP contribution in [0.1, 0.15) is 12.8 Å². The van der Waals surface area contributed by atoms with Crippen LogP contribution >= 0.6 is 0 Å². The molecule has 70 valence electrons. The van der Waals surface area contributed by atoms with E-state index < -0.39 is 0 Å². The van der Waals surface area contributed by atoms with Gasteiger partial charge in [-0.05, 0) is 18.8 Å². The number of hydrogen-bond acceptors (Lipinski definition) is 3. The van der Waals surface area contributed by atoms with E-state index in [4.69, 9.17) is 10.5 Å². The van der Waals surface area contributed by atoms with E-state index in [0.29, 0.717) is 6.54 Å². The molecule has 2 aliphatic rings. The van der Waals surface area contributed by atoms with E-state index in [0.717, 1.165) is 25.6 Å². The van der Waals surface area contributed by atoms with Gasteiger partial charge in [-0.15, -0.1) is 0 Å². The average molecular weight is 170 g/mol. The first-order chi connectivity index (χ1) is 5.88. The van der Waals surface area contributed by atoms with Gasteiger partial charge < -0.3 is 10.5 Å². The summed E-state index contributed by atoms with van der Waals surface area (Å²) in [5.74, 6) is 0.988. The molecule has 2 N–H and O–H groups in total. The monoisotopic (exact) mass is 170 g/mol. The molecule has 1 saturated carbocycles. The number of rotatable bonds is 3. The Morgan fingerprint density at radius 1 is 1.42 bits per heavy atom. The molecule has 0 bridgehead atoms. The summed E-state index contributed by atoms with van der Waals surface area (Å²) in [5, 5.41) is 0. The summed E-state index contributed by atoms with van der Waals surface area (Å²) in [6, 6.07) is 0. The van der Waals surface area contributed by atoms with Gasteiger partial charge in [-0.1, -0.05) is 0 Å². The molecule has 0 amide bonds. The smallest absolute Gasteiger partial charge is 0.0824 e. The number of ether oxygens (including phenoxy) is 1. The lowest BCUT2D eigenvalue weighted by Crippen LogP contribution is -2.46. The van der Waals surface area contributed by atoms with Crippen LogP contribution in [-0.2, 0) is 4.74 Å². The molecule has 0 spiro atoms. The van der Waals surface area contributed by atoms with Crippen molar-refractivity contribution in [1.82, 2.24) is 4.90 Å². The zero-order chi connectivity index (χ0) is 8.39. The lowest BCUT2D eigenvalue weighted by Gasteiger charge is -2.32. The fourth-order valence-corrected chi connectivity index (χ4v) is 1.75. The largest absolute Gasteiger partial charge is 0.374 e. The Morgan fingerprint density at radius 2 is 2.25 bits per heavy atom. The van der Waals surface area contributed by atoms with Gasteiger partial charge in [0.25, 0.3) is 0 Å². The summed E-state index contributed by atoms with van der Waals surface area (Å²) >= 11 is 0. The van der Waals surface area contributed by atoms with E-state index in [1.165, 1.54) is 19.4 Å². The third-order valence-electron chi connectivity index (χ3n) is 2.70. The van der Waals surface area contributed by atoms with Gasteiger partial charge in [0, 0.05) is 26.2 Å². The summed E-state index contributed by atoms with van der Waals surface area (Å²) in [7, 11) is 0. The number of nitrogens with two attached hydrogens (primary N) is 1. The van der Waals surface area contributed by atoms with Gasteiger partial charge in [0.05, 0.1) is 12.7 Å². The molecule has 1 aliphatic heterocycles. The second-order valence-corrected chi connectivity index (χ2v) is 3.93. The van der Waals surface area contributed by atoms with Crippen molar-refractivity contribution in [2.45, 2.75) is 18.9 Å². The first-order valence-electron chi connectivity index (χ1n) is 4.92. The van der Waals surface area contributed by atoms with E-state index in [-0.39, 0.29) is 6.10 Å². The molecule has 1 heterocycles. The Morgan fingerprint density at radius 3 is 2.92 bits per heavy atom. The highest BCUT2D eigenvalue weighted by Gasteiger charge is 2.27. The summed E-state index contributed by atoms with van der Waals surface area (Å²) in [4.78, 5) is 2.50.